The molecule has 0 aliphatic rings. The number of likely N-dealkylation sites (N-methyl/N-ethyl adjacent to an activating group) is 1. The molecule has 1 aromatic carbocycles. The lowest BCUT2D eigenvalue weighted by Crippen LogP contribution is -2.03. The van der Waals surface area contributed by atoms with Gasteiger partial charge in [0.05, 0.1) is 0 Å². The molecule has 1 nitrogen and oxygen atoms in total. The minimum Gasteiger partial charge on any atom is -0.316 e. The van der Waals surface area contributed by atoms with Gasteiger partial charge in [0.15, 0.2) is 0 Å². The molecule has 0 unspecified atom stereocenters. The highest BCUT2D eigenvalue weighted by molar-refractivity contribution is 7.99. The maximum Gasteiger partial charge on any atom is 0.0135 e. The third-order valence-corrected chi connectivity index (χ3v) is 2.68. The molecule has 0 spiro atoms. The lowest BCUT2D eigenvalue weighted by Gasteiger charge is -1.99. The van der Waals surface area contributed by atoms with Gasteiger partial charge in [-0.1, -0.05) is 31.2 Å². The predicted octanol–water partition coefficient (Wildman–Crippen LogP) is 3.03. The van der Waals surface area contributed by atoms with E-state index in [4.69, 9.17) is 0 Å². The molecule has 0 heterocycles. The zero-order valence-corrected chi connectivity index (χ0v) is 9.60. The summed E-state index contributed by atoms with van der Waals surface area (Å²) in [5.41, 5.74) is 1.28. The van der Waals surface area contributed by atoms with Gasteiger partial charge in [0.25, 0.3) is 0 Å². The fraction of sp³-hybridized carbons (Fsp3) is 0.333. The monoisotopic (exact) mass is 207 g/mol. The lowest BCUT2D eigenvalue weighted by atomic mass is 10.2. The van der Waals surface area contributed by atoms with E-state index in [-0.39, 0.29) is 0 Å². The van der Waals surface area contributed by atoms with E-state index < -0.39 is 0 Å². The Hall–Kier alpha value is -0.730. The summed E-state index contributed by atoms with van der Waals surface area (Å²) in [6.07, 6.45) is 4.28. The van der Waals surface area contributed by atoms with E-state index in [1.807, 2.05) is 18.8 Å². The Morgan fingerprint density at radius 1 is 1.43 bits per heavy atom. The van der Waals surface area contributed by atoms with Crippen molar-refractivity contribution in [2.45, 2.75) is 11.8 Å². The van der Waals surface area contributed by atoms with E-state index in [0.29, 0.717) is 0 Å². The Morgan fingerprint density at radius 3 is 3.00 bits per heavy atom. The van der Waals surface area contributed by atoms with E-state index >= 15 is 0 Å². The normalized spacial score (nSPS) is 11.0. The van der Waals surface area contributed by atoms with Crippen LogP contribution in [0.1, 0.15) is 12.5 Å². The van der Waals surface area contributed by atoms with Gasteiger partial charge in [-0.05, 0) is 30.5 Å². The summed E-state index contributed by atoms with van der Waals surface area (Å²) in [5.74, 6) is 1.13. The van der Waals surface area contributed by atoms with Crippen molar-refractivity contribution in [3.05, 3.63) is 35.9 Å². The summed E-state index contributed by atoms with van der Waals surface area (Å²) < 4.78 is 0. The second kappa shape index (κ2) is 6.68. The molecule has 0 amide bonds. The molecule has 14 heavy (non-hydrogen) atoms. The van der Waals surface area contributed by atoms with Crippen LogP contribution < -0.4 is 5.32 Å². The third-order valence-electron chi connectivity index (χ3n) is 1.80. The number of hydrogen-bond acceptors (Lipinski definition) is 2. The third kappa shape index (κ3) is 3.99. The fourth-order valence-electron chi connectivity index (χ4n) is 1.19. The molecular formula is C12H17NS. The van der Waals surface area contributed by atoms with Crippen LogP contribution in [0.5, 0.6) is 0 Å². The van der Waals surface area contributed by atoms with Gasteiger partial charge in [-0.25, -0.2) is 0 Å². The molecule has 76 valence electrons. The molecule has 0 atom stereocenters. The first-order valence-corrected chi connectivity index (χ1v) is 5.89. The van der Waals surface area contributed by atoms with Crippen molar-refractivity contribution in [3.63, 3.8) is 0 Å². The SMILES string of the molecule is CCSc1cccc(C=CCNC)c1. The average molecular weight is 207 g/mol. The van der Waals surface area contributed by atoms with E-state index in [2.05, 4.69) is 48.7 Å². The molecule has 0 saturated heterocycles. The fourth-order valence-corrected chi connectivity index (χ4v) is 1.92. The topological polar surface area (TPSA) is 12.0 Å². The summed E-state index contributed by atoms with van der Waals surface area (Å²) in [7, 11) is 1.95. The molecule has 0 aliphatic carbocycles. The van der Waals surface area contributed by atoms with Crippen LogP contribution in [0.4, 0.5) is 0 Å². The van der Waals surface area contributed by atoms with Gasteiger partial charge in [0.1, 0.15) is 0 Å². The summed E-state index contributed by atoms with van der Waals surface area (Å²) in [5, 5.41) is 3.09. The number of hydrogen-bond donors (Lipinski definition) is 1. The standard InChI is InChI=1S/C12H17NS/c1-3-14-12-8-4-6-11(10-12)7-5-9-13-2/h4-8,10,13H,3,9H2,1-2H3. The summed E-state index contributed by atoms with van der Waals surface area (Å²) in [6.45, 7) is 3.10. The van der Waals surface area contributed by atoms with Gasteiger partial charge in [0.2, 0.25) is 0 Å². The molecule has 2 heteroatoms. The lowest BCUT2D eigenvalue weighted by molar-refractivity contribution is 0.922. The van der Waals surface area contributed by atoms with Gasteiger partial charge in [0, 0.05) is 11.4 Å². The Labute approximate surface area is 90.6 Å². The van der Waals surface area contributed by atoms with Crippen LogP contribution >= 0.6 is 11.8 Å². The van der Waals surface area contributed by atoms with Gasteiger partial charge in [-0.3, -0.25) is 0 Å². The Bertz CT molecular complexity index is 294. The quantitative estimate of drug-likeness (QED) is 0.745. The van der Waals surface area contributed by atoms with Gasteiger partial charge >= 0.3 is 0 Å². The van der Waals surface area contributed by atoms with Crippen LogP contribution in [-0.4, -0.2) is 19.3 Å². The molecule has 1 N–H and O–H groups in total. The van der Waals surface area contributed by atoms with Crippen LogP contribution in [0.25, 0.3) is 6.08 Å². The van der Waals surface area contributed by atoms with Crippen LogP contribution in [-0.2, 0) is 0 Å². The van der Waals surface area contributed by atoms with E-state index in [1.54, 1.807) is 0 Å². The first kappa shape index (κ1) is 11.3. The van der Waals surface area contributed by atoms with Gasteiger partial charge in [-0.15, -0.1) is 11.8 Å². The minimum atomic E-state index is 0.922. The Kier molecular flexibility index (Phi) is 5.42. The zero-order chi connectivity index (χ0) is 10.2. The van der Waals surface area contributed by atoms with Crippen molar-refractivity contribution in [2.75, 3.05) is 19.3 Å². The van der Waals surface area contributed by atoms with E-state index in [9.17, 15) is 0 Å². The smallest absolute Gasteiger partial charge is 0.0135 e. The average Bonchev–Trinajstić information content (AvgIpc) is 2.19. The molecule has 0 saturated carbocycles. The minimum absolute atomic E-state index is 0.922. The van der Waals surface area contributed by atoms with Crippen molar-refractivity contribution in [1.29, 1.82) is 0 Å². The Balaban J connectivity index is 2.63. The number of thioether (sulfide) groups is 1. The highest BCUT2D eigenvalue weighted by atomic mass is 32.2. The van der Waals surface area contributed by atoms with Gasteiger partial charge < -0.3 is 5.32 Å². The highest BCUT2D eigenvalue weighted by Crippen LogP contribution is 2.18. The van der Waals surface area contributed by atoms with Crippen molar-refractivity contribution in [2.24, 2.45) is 0 Å². The van der Waals surface area contributed by atoms with Crippen LogP contribution in [0.3, 0.4) is 0 Å². The van der Waals surface area contributed by atoms with Crippen LogP contribution in [0.15, 0.2) is 35.2 Å². The summed E-state index contributed by atoms with van der Waals surface area (Å²) in [4.78, 5) is 1.35. The molecular weight excluding hydrogens is 190 g/mol. The first-order valence-electron chi connectivity index (χ1n) is 4.91. The van der Waals surface area contributed by atoms with Crippen molar-refractivity contribution < 1.29 is 0 Å². The zero-order valence-electron chi connectivity index (χ0n) is 8.79. The number of nitrogens with one attached hydrogen (secondary N) is 1. The molecule has 0 aromatic heterocycles. The summed E-state index contributed by atoms with van der Waals surface area (Å²) >= 11 is 1.88. The van der Waals surface area contributed by atoms with E-state index in [0.717, 1.165) is 12.3 Å². The number of rotatable bonds is 5. The van der Waals surface area contributed by atoms with Crippen LogP contribution in [0, 0.1) is 0 Å². The summed E-state index contributed by atoms with van der Waals surface area (Å²) in [6, 6.07) is 8.62. The first-order chi connectivity index (χ1) is 6.86. The molecule has 0 aliphatic heterocycles. The Morgan fingerprint density at radius 2 is 2.29 bits per heavy atom. The maximum atomic E-state index is 3.09. The highest BCUT2D eigenvalue weighted by Gasteiger charge is 1.91. The number of benzene rings is 1. The van der Waals surface area contributed by atoms with Crippen molar-refractivity contribution in [3.8, 4) is 0 Å². The molecule has 0 radical (unpaired) electrons. The predicted molar refractivity (Wildman–Crippen MR) is 65.8 cm³/mol. The van der Waals surface area contributed by atoms with Crippen LogP contribution in [0.2, 0.25) is 0 Å². The van der Waals surface area contributed by atoms with Gasteiger partial charge in [-0.2, -0.15) is 0 Å². The second-order valence-corrected chi connectivity index (χ2v) is 4.30. The van der Waals surface area contributed by atoms with Crippen molar-refractivity contribution >= 4 is 17.8 Å². The van der Waals surface area contributed by atoms with Crippen molar-refractivity contribution in [1.82, 2.24) is 5.32 Å². The van der Waals surface area contributed by atoms with E-state index in [1.165, 1.54) is 10.5 Å². The second-order valence-electron chi connectivity index (χ2n) is 2.97. The maximum absolute atomic E-state index is 3.09. The molecule has 1 rings (SSSR count). The molecule has 0 bridgehead atoms. The largest absolute Gasteiger partial charge is 0.316 e. The molecule has 1 aromatic rings. The molecule has 0 fully saturated rings.